The molecule has 1 saturated heterocycles. The van der Waals surface area contributed by atoms with Crippen LogP contribution < -0.4 is 4.74 Å². The summed E-state index contributed by atoms with van der Waals surface area (Å²) in [5.41, 5.74) is 0. The number of piperazine rings is 1. The first-order chi connectivity index (χ1) is 11.3. The predicted molar refractivity (Wildman–Crippen MR) is 81.7 cm³/mol. The van der Waals surface area contributed by atoms with E-state index in [4.69, 9.17) is 9.84 Å². The van der Waals surface area contributed by atoms with Gasteiger partial charge in [-0.2, -0.15) is 4.39 Å². The van der Waals surface area contributed by atoms with E-state index in [0.717, 1.165) is 6.07 Å². The molecule has 0 radical (unpaired) electrons. The third kappa shape index (κ3) is 4.00. The second-order valence-electron chi connectivity index (χ2n) is 5.69. The molecule has 1 aliphatic rings. The number of carbonyl (C=O) groups excluding carboxylic acids is 1. The highest BCUT2D eigenvalue weighted by Crippen LogP contribution is 2.21. The highest BCUT2D eigenvalue weighted by atomic mass is 19.2. The van der Waals surface area contributed by atoms with E-state index < -0.39 is 29.7 Å². The Hall–Kier alpha value is -2.22. The number of ether oxygens (including phenoxy) is 1. The topological polar surface area (TPSA) is 70.1 Å². The molecular formula is C16H20F2N2O4. The summed E-state index contributed by atoms with van der Waals surface area (Å²) in [6, 6.07) is 2.92. The van der Waals surface area contributed by atoms with E-state index in [9.17, 15) is 18.4 Å². The number of amides is 1. The number of carboxylic acids is 1. The standard InChI is InChI=1S/C16H20F2N2O4/c1-10(16(22)23)19-6-8-20(9-7-19)15(21)11(2)24-13-5-3-4-12(17)14(13)18/h3-5,10-11H,6-9H2,1-2H3,(H,22,23)/t10-,11-/m1/s1. The molecule has 8 heteroatoms. The van der Waals surface area contributed by atoms with Crippen LogP contribution in [0.25, 0.3) is 0 Å². The van der Waals surface area contributed by atoms with Crippen molar-refractivity contribution in [3.8, 4) is 5.75 Å². The molecule has 0 unspecified atom stereocenters. The van der Waals surface area contributed by atoms with Gasteiger partial charge < -0.3 is 14.7 Å². The monoisotopic (exact) mass is 342 g/mol. The minimum absolute atomic E-state index is 0.311. The molecule has 1 amide bonds. The zero-order chi connectivity index (χ0) is 17.9. The second-order valence-corrected chi connectivity index (χ2v) is 5.69. The first-order valence-electron chi connectivity index (χ1n) is 7.67. The maximum Gasteiger partial charge on any atom is 0.320 e. The summed E-state index contributed by atoms with van der Waals surface area (Å²) in [6.07, 6.45) is -0.968. The van der Waals surface area contributed by atoms with Crippen LogP contribution in [0.2, 0.25) is 0 Å². The zero-order valence-electron chi connectivity index (χ0n) is 13.5. The highest BCUT2D eigenvalue weighted by molar-refractivity contribution is 5.81. The van der Waals surface area contributed by atoms with Gasteiger partial charge in [0.15, 0.2) is 17.7 Å². The van der Waals surface area contributed by atoms with Crippen LogP contribution in [0.3, 0.4) is 0 Å². The van der Waals surface area contributed by atoms with Gasteiger partial charge in [0.05, 0.1) is 0 Å². The van der Waals surface area contributed by atoms with Crippen LogP contribution in [0.4, 0.5) is 8.78 Å². The minimum atomic E-state index is -1.13. The van der Waals surface area contributed by atoms with Gasteiger partial charge in [-0.3, -0.25) is 14.5 Å². The largest absolute Gasteiger partial charge is 0.480 e. The van der Waals surface area contributed by atoms with Crippen molar-refractivity contribution in [1.82, 2.24) is 9.80 Å². The Bertz CT molecular complexity index is 618. The Morgan fingerprint density at radius 3 is 2.38 bits per heavy atom. The first-order valence-corrected chi connectivity index (χ1v) is 7.67. The van der Waals surface area contributed by atoms with Crippen molar-refractivity contribution in [1.29, 1.82) is 0 Å². The van der Waals surface area contributed by atoms with Crippen molar-refractivity contribution in [3.63, 3.8) is 0 Å². The molecule has 0 aliphatic carbocycles. The lowest BCUT2D eigenvalue weighted by Gasteiger charge is -2.37. The lowest BCUT2D eigenvalue weighted by Crippen LogP contribution is -2.55. The van der Waals surface area contributed by atoms with E-state index in [0.29, 0.717) is 26.2 Å². The first kappa shape index (κ1) is 18.1. The normalized spacial score (nSPS) is 18.1. The Balaban J connectivity index is 1.93. The second kappa shape index (κ2) is 7.57. The molecule has 1 aromatic rings. The fraction of sp³-hybridized carbons (Fsp3) is 0.500. The number of carboxylic acid groups (broad SMARTS) is 1. The summed E-state index contributed by atoms with van der Waals surface area (Å²) in [7, 11) is 0. The third-order valence-electron chi connectivity index (χ3n) is 4.10. The van der Waals surface area contributed by atoms with Gasteiger partial charge in [0.25, 0.3) is 5.91 Å². The fourth-order valence-corrected chi connectivity index (χ4v) is 2.56. The van der Waals surface area contributed by atoms with Crippen LogP contribution in [0.1, 0.15) is 13.8 Å². The summed E-state index contributed by atoms with van der Waals surface area (Å²) >= 11 is 0. The van der Waals surface area contributed by atoms with Gasteiger partial charge in [0.2, 0.25) is 5.82 Å². The molecule has 0 spiro atoms. The van der Waals surface area contributed by atoms with Crippen LogP contribution in [0.15, 0.2) is 18.2 Å². The fourth-order valence-electron chi connectivity index (χ4n) is 2.56. The Kier molecular flexibility index (Phi) is 5.71. The van der Waals surface area contributed by atoms with Crippen LogP contribution >= 0.6 is 0 Å². The molecule has 1 aliphatic heterocycles. The summed E-state index contributed by atoms with van der Waals surface area (Å²) in [5.74, 6) is -3.73. The molecule has 1 N–H and O–H groups in total. The molecule has 1 heterocycles. The van der Waals surface area contributed by atoms with Gasteiger partial charge in [0, 0.05) is 26.2 Å². The number of aliphatic carboxylic acids is 1. The van der Waals surface area contributed by atoms with E-state index in [1.807, 2.05) is 0 Å². The van der Waals surface area contributed by atoms with E-state index in [1.54, 1.807) is 11.8 Å². The average molecular weight is 342 g/mol. The summed E-state index contributed by atoms with van der Waals surface area (Å²) < 4.78 is 32.0. The summed E-state index contributed by atoms with van der Waals surface area (Å²) in [4.78, 5) is 26.6. The van der Waals surface area contributed by atoms with Crippen molar-refractivity contribution in [2.24, 2.45) is 0 Å². The van der Waals surface area contributed by atoms with Crippen molar-refractivity contribution in [2.75, 3.05) is 26.2 Å². The lowest BCUT2D eigenvalue weighted by atomic mass is 10.2. The SMILES string of the molecule is C[C@H](C(=O)O)N1CCN(C(=O)[C@@H](C)Oc2cccc(F)c2F)CC1. The number of carbonyl (C=O) groups is 2. The number of hydrogen-bond acceptors (Lipinski definition) is 4. The van der Waals surface area contributed by atoms with Crippen molar-refractivity contribution in [3.05, 3.63) is 29.8 Å². The van der Waals surface area contributed by atoms with E-state index in [-0.39, 0.29) is 11.7 Å². The zero-order valence-corrected chi connectivity index (χ0v) is 13.5. The smallest absolute Gasteiger partial charge is 0.320 e. The molecule has 132 valence electrons. The molecule has 6 nitrogen and oxygen atoms in total. The van der Waals surface area contributed by atoms with E-state index >= 15 is 0 Å². The molecule has 2 atom stereocenters. The van der Waals surface area contributed by atoms with Crippen molar-refractivity contribution >= 4 is 11.9 Å². The maximum atomic E-state index is 13.6. The van der Waals surface area contributed by atoms with Gasteiger partial charge in [0.1, 0.15) is 6.04 Å². The van der Waals surface area contributed by atoms with Crippen molar-refractivity contribution < 1.29 is 28.2 Å². The molecule has 2 rings (SSSR count). The number of hydrogen-bond donors (Lipinski definition) is 1. The molecule has 0 saturated carbocycles. The summed E-state index contributed by atoms with van der Waals surface area (Å²) in [5, 5.41) is 9.00. The van der Waals surface area contributed by atoms with Crippen LogP contribution in [0, 0.1) is 11.6 Å². The Morgan fingerprint density at radius 2 is 1.79 bits per heavy atom. The molecule has 1 fully saturated rings. The van der Waals surface area contributed by atoms with Crippen molar-refractivity contribution in [2.45, 2.75) is 26.0 Å². The lowest BCUT2D eigenvalue weighted by molar-refractivity contribution is -0.145. The molecular weight excluding hydrogens is 322 g/mol. The average Bonchev–Trinajstić information content (AvgIpc) is 2.57. The highest BCUT2D eigenvalue weighted by Gasteiger charge is 2.30. The Morgan fingerprint density at radius 1 is 1.17 bits per heavy atom. The maximum absolute atomic E-state index is 13.6. The molecule has 0 bridgehead atoms. The molecule has 0 aromatic heterocycles. The van der Waals surface area contributed by atoms with E-state index in [2.05, 4.69) is 0 Å². The number of benzene rings is 1. The number of rotatable bonds is 5. The number of halogens is 2. The van der Waals surface area contributed by atoms with Gasteiger partial charge in [-0.25, -0.2) is 4.39 Å². The molecule has 1 aromatic carbocycles. The van der Waals surface area contributed by atoms with Crippen LogP contribution in [0.5, 0.6) is 5.75 Å². The van der Waals surface area contributed by atoms with Gasteiger partial charge in [-0.1, -0.05) is 6.07 Å². The van der Waals surface area contributed by atoms with E-state index in [1.165, 1.54) is 24.0 Å². The van der Waals surface area contributed by atoms with Gasteiger partial charge in [-0.15, -0.1) is 0 Å². The quantitative estimate of drug-likeness (QED) is 0.875. The third-order valence-corrected chi connectivity index (χ3v) is 4.10. The summed E-state index contributed by atoms with van der Waals surface area (Å²) in [6.45, 7) is 4.64. The predicted octanol–water partition coefficient (Wildman–Crippen LogP) is 1.35. The Labute approximate surface area is 138 Å². The number of nitrogens with zero attached hydrogens (tertiary/aromatic N) is 2. The minimum Gasteiger partial charge on any atom is -0.480 e. The van der Waals surface area contributed by atoms with Gasteiger partial charge >= 0.3 is 5.97 Å². The van der Waals surface area contributed by atoms with Crippen LogP contribution in [-0.4, -0.2) is 65.1 Å². The molecule has 24 heavy (non-hydrogen) atoms. The van der Waals surface area contributed by atoms with Gasteiger partial charge in [-0.05, 0) is 26.0 Å². The van der Waals surface area contributed by atoms with Crippen LogP contribution in [-0.2, 0) is 9.59 Å².